The Hall–Kier alpha value is -2.40. The summed E-state index contributed by atoms with van der Waals surface area (Å²) in [6.45, 7) is 0. The molecule has 0 spiro atoms. The molecule has 2 rings (SSSR count). The quantitative estimate of drug-likeness (QED) is 0.848. The number of amides is 1. The van der Waals surface area contributed by atoms with Crippen molar-refractivity contribution in [3.8, 4) is 17.2 Å². The molecule has 0 aliphatic heterocycles. The second-order valence-electron chi connectivity index (χ2n) is 4.05. The third-order valence-corrected chi connectivity index (χ3v) is 2.88. The maximum Gasteiger partial charge on any atom is 0.248 e. The van der Waals surface area contributed by atoms with E-state index in [1.54, 1.807) is 24.3 Å². The number of carbonyl (C=O) groups excluding carboxylic acids is 1. The van der Waals surface area contributed by atoms with Crippen LogP contribution in [0.2, 0.25) is 5.02 Å². The SMILES string of the molecule is COc1cc(Oc2ccc(N)cc2Cl)cc(C(N)=O)c1. The van der Waals surface area contributed by atoms with Gasteiger partial charge >= 0.3 is 0 Å². The van der Waals surface area contributed by atoms with Crippen LogP contribution in [0, 0.1) is 0 Å². The van der Waals surface area contributed by atoms with Crippen LogP contribution in [0.5, 0.6) is 17.2 Å². The molecule has 2 aromatic carbocycles. The van der Waals surface area contributed by atoms with Crippen LogP contribution in [-0.4, -0.2) is 13.0 Å². The van der Waals surface area contributed by atoms with E-state index >= 15 is 0 Å². The third-order valence-electron chi connectivity index (χ3n) is 2.58. The monoisotopic (exact) mass is 292 g/mol. The molecule has 2 aromatic rings. The van der Waals surface area contributed by atoms with Crippen LogP contribution < -0.4 is 20.9 Å². The summed E-state index contributed by atoms with van der Waals surface area (Å²) in [5, 5.41) is 0.369. The summed E-state index contributed by atoms with van der Waals surface area (Å²) in [5.41, 5.74) is 11.7. The molecule has 0 saturated carbocycles. The van der Waals surface area contributed by atoms with Gasteiger partial charge in [0.2, 0.25) is 5.91 Å². The highest BCUT2D eigenvalue weighted by Gasteiger charge is 2.09. The summed E-state index contributed by atoms with van der Waals surface area (Å²) in [6.07, 6.45) is 0. The summed E-state index contributed by atoms with van der Waals surface area (Å²) in [4.78, 5) is 11.3. The second-order valence-corrected chi connectivity index (χ2v) is 4.46. The molecule has 104 valence electrons. The molecule has 0 atom stereocenters. The Kier molecular flexibility index (Phi) is 4.00. The Morgan fingerprint density at radius 1 is 1.15 bits per heavy atom. The minimum atomic E-state index is -0.572. The molecule has 0 saturated heterocycles. The summed E-state index contributed by atoms with van der Waals surface area (Å²) >= 11 is 6.03. The van der Waals surface area contributed by atoms with Gasteiger partial charge < -0.3 is 20.9 Å². The van der Waals surface area contributed by atoms with E-state index in [0.717, 1.165) is 0 Å². The molecule has 0 aromatic heterocycles. The molecule has 1 amide bonds. The predicted octanol–water partition coefficient (Wildman–Crippen LogP) is 2.82. The molecule has 0 radical (unpaired) electrons. The number of primary amides is 1. The van der Waals surface area contributed by atoms with E-state index < -0.39 is 5.91 Å². The first kappa shape index (κ1) is 14.0. The van der Waals surface area contributed by atoms with Crippen molar-refractivity contribution in [1.82, 2.24) is 0 Å². The molecular formula is C14H13ClN2O3. The van der Waals surface area contributed by atoms with Gasteiger partial charge in [-0.3, -0.25) is 4.79 Å². The van der Waals surface area contributed by atoms with E-state index in [9.17, 15) is 4.79 Å². The Morgan fingerprint density at radius 2 is 1.85 bits per heavy atom. The minimum Gasteiger partial charge on any atom is -0.497 e. The Balaban J connectivity index is 2.37. The largest absolute Gasteiger partial charge is 0.497 e. The number of halogens is 1. The Morgan fingerprint density at radius 3 is 2.45 bits per heavy atom. The summed E-state index contributed by atoms with van der Waals surface area (Å²) in [7, 11) is 1.49. The van der Waals surface area contributed by atoms with E-state index in [-0.39, 0.29) is 5.56 Å². The zero-order valence-electron chi connectivity index (χ0n) is 10.7. The first-order valence-electron chi connectivity index (χ1n) is 5.71. The fourth-order valence-corrected chi connectivity index (χ4v) is 1.85. The molecular weight excluding hydrogens is 280 g/mol. The van der Waals surface area contributed by atoms with Gasteiger partial charge in [0, 0.05) is 17.3 Å². The molecule has 0 aliphatic carbocycles. The van der Waals surface area contributed by atoms with Crippen LogP contribution in [0.1, 0.15) is 10.4 Å². The maximum absolute atomic E-state index is 11.3. The number of hydrogen-bond donors (Lipinski definition) is 2. The summed E-state index contributed by atoms with van der Waals surface area (Å²) in [5.74, 6) is 0.703. The Labute approximate surface area is 121 Å². The number of carbonyl (C=O) groups is 1. The van der Waals surface area contributed by atoms with Crippen molar-refractivity contribution >= 4 is 23.2 Å². The normalized spacial score (nSPS) is 10.1. The fraction of sp³-hybridized carbons (Fsp3) is 0.0714. The van der Waals surface area contributed by atoms with E-state index in [4.69, 9.17) is 32.5 Å². The molecule has 0 heterocycles. The average molecular weight is 293 g/mol. The highest BCUT2D eigenvalue weighted by Crippen LogP contribution is 2.33. The van der Waals surface area contributed by atoms with Crippen LogP contribution in [-0.2, 0) is 0 Å². The lowest BCUT2D eigenvalue weighted by Crippen LogP contribution is -2.11. The van der Waals surface area contributed by atoms with Gasteiger partial charge in [0.05, 0.1) is 12.1 Å². The van der Waals surface area contributed by atoms with Crippen molar-refractivity contribution in [3.63, 3.8) is 0 Å². The number of nitrogen functional groups attached to an aromatic ring is 1. The van der Waals surface area contributed by atoms with Crippen molar-refractivity contribution in [2.45, 2.75) is 0 Å². The third kappa shape index (κ3) is 3.13. The van der Waals surface area contributed by atoms with Crippen molar-refractivity contribution in [1.29, 1.82) is 0 Å². The van der Waals surface area contributed by atoms with Gasteiger partial charge in [-0.05, 0) is 30.3 Å². The predicted molar refractivity (Wildman–Crippen MR) is 77.5 cm³/mol. The standard InChI is InChI=1S/C14H13ClN2O3/c1-19-10-4-8(14(17)18)5-11(7-10)20-13-3-2-9(16)6-12(13)15/h2-7H,16H2,1H3,(H2,17,18). The smallest absolute Gasteiger partial charge is 0.248 e. The van der Waals surface area contributed by atoms with E-state index in [1.807, 2.05) is 0 Å². The number of methoxy groups -OCH3 is 1. The van der Waals surface area contributed by atoms with Gasteiger partial charge in [-0.15, -0.1) is 0 Å². The van der Waals surface area contributed by atoms with Crippen molar-refractivity contribution in [3.05, 3.63) is 47.0 Å². The van der Waals surface area contributed by atoms with Crippen molar-refractivity contribution in [2.24, 2.45) is 5.73 Å². The maximum atomic E-state index is 11.3. The zero-order valence-corrected chi connectivity index (χ0v) is 11.5. The molecule has 20 heavy (non-hydrogen) atoms. The van der Waals surface area contributed by atoms with Crippen LogP contribution in [0.25, 0.3) is 0 Å². The van der Waals surface area contributed by atoms with Crippen molar-refractivity contribution < 1.29 is 14.3 Å². The van der Waals surface area contributed by atoms with E-state index in [1.165, 1.54) is 19.2 Å². The second kappa shape index (κ2) is 5.71. The lowest BCUT2D eigenvalue weighted by Gasteiger charge is -2.10. The van der Waals surface area contributed by atoms with E-state index in [2.05, 4.69) is 0 Å². The minimum absolute atomic E-state index is 0.283. The highest BCUT2D eigenvalue weighted by atomic mass is 35.5. The highest BCUT2D eigenvalue weighted by molar-refractivity contribution is 6.32. The number of nitrogens with two attached hydrogens (primary N) is 2. The van der Waals surface area contributed by atoms with Crippen LogP contribution in [0.15, 0.2) is 36.4 Å². The zero-order chi connectivity index (χ0) is 14.7. The molecule has 0 fully saturated rings. The summed E-state index contributed by atoms with van der Waals surface area (Å²) < 4.78 is 10.7. The molecule has 0 bridgehead atoms. The fourth-order valence-electron chi connectivity index (χ4n) is 1.62. The Bertz CT molecular complexity index is 659. The molecule has 0 unspecified atom stereocenters. The number of rotatable bonds is 4. The summed E-state index contributed by atoms with van der Waals surface area (Å²) in [6, 6.07) is 9.54. The number of benzene rings is 2. The first-order chi connectivity index (χ1) is 9.49. The van der Waals surface area contributed by atoms with Crippen LogP contribution in [0.3, 0.4) is 0 Å². The number of anilines is 1. The molecule has 5 nitrogen and oxygen atoms in total. The molecule has 6 heteroatoms. The van der Waals surface area contributed by atoms with Crippen molar-refractivity contribution in [2.75, 3.05) is 12.8 Å². The first-order valence-corrected chi connectivity index (χ1v) is 6.09. The van der Waals surface area contributed by atoms with Gasteiger partial charge in [0.25, 0.3) is 0 Å². The molecule has 0 aliphatic rings. The topological polar surface area (TPSA) is 87.6 Å². The average Bonchev–Trinajstić information content (AvgIpc) is 2.41. The van der Waals surface area contributed by atoms with Gasteiger partial charge in [-0.2, -0.15) is 0 Å². The van der Waals surface area contributed by atoms with Gasteiger partial charge in [-0.25, -0.2) is 0 Å². The van der Waals surface area contributed by atoms with Crippen LogP contribution in [0.4, 0.5) is 5.69 Å². The van der Waals surface area contributed by atoms with Gasteiger partial charge in [-0.1, -0.05) is 11.6 Å². The van der Waals surface area contributed by atoms with Crippen LogP contribution >= 0.6 is 11.6 Å². The molecule has 4 N–H and O–H groups in total. The lowest BCUT2D eigenvalue weighted by molar-refractivity contribution is 0.0999. The van der Waals surface area contributed by atoms with Gasteiger partial charge in [0.15, 0.2) is 0 Å². The van der Waals surface area contributed by atoms with Gasteiger partial charge in [0.1, 0.15) is 17.2 Å². The van der Waals surface area contributed by atoms with E-state index in [0.29, 0.717) is 28.0 Å². The number of ether oxygens (including phenoxy) is 2. The lowest BCUT2D eigenvalue weighted by atomic mass is 10.2. The number of hydrogen-bond acceptors (Lipinski definition) is 4.